The van der Waals surface area contributed by atoms with Crippen LogP contribution in [0.5, 0.6) is 5.75 Å². The summed E-state index contributed by atoms with van der Waals surface area (Å²) in [7, 11) is 0. The Kier molecular flexibility index (Phi) is 5.76. The number of rotatable bonds is 5. The molecule has 0 bridgehead atoms. The van der Waals surface area contributed by atoms with Crippen LogP contribution in [0.4, 0.5) is 0 Å². The van der Waals surface area contributed by atoms with Gasteiger partial charge in [-0.15, -0.1) is 10.2 Å². The van der Waals surface area contributed by atoms with E-state index in [-0.39, 0.29) is 18.4 Å². The molecule has 7 nitrogen and oxygen atoms in total. The highest BCUT2D eigenvalue weighted by molar-refractivity contribution is 6.31. The molecule has 0 atom stereocenters. The summed E-state index contributed by atoms with van der Waals surface area (Å²) in [6, 6.07) is 14.2. The van der Waals surface area contributed by atoms with Crippen molar-refractivity contribution >= 4 is 40.1 Å². The lowest BCUT2D eigenvalue weighted by molar-refractivity contribution is -0.134. The number of amides is 1. The first-order valence-corrected chi connectivity index (χ1v) is 11.0. The van der Waals surface area contributed by atoms with E-state index in [1.165, 1.54) is 0 Å². The number of hydrogen-bond donors (Lipinski definition) is 0. The van der Waals surface area contributed by atoms with Gasteiger partial charge in [0.25, 0.3) is 11.8 Å². The minimum Gasteiger partial charge on any atom is -0.484 e. The third-order valence-corrected chi connectivity index (χ3v) is 5.99. The molecule has 4 aromatic rings. The van der Waals surface area contributed by atoms with Crippen molar-refractivity contribution in [1.82, 2.24) is 15.1 Å². The minimum atomic E-state index is -0.0504. The molecule has 1 amide bonds. The molecule has 1 aliphatic rings. The SMILES string of the molecule is O=C(COc1ccc(Cl)cc1)N1CCC(c2nnc(-c3cc4cc(Cl)ccc4o3)o2)CC1. The van der Waals surface area contributed by atoms with Gasteiger partial charge in [-0.3, -0.25) is 4.79 Å². The molecule has 0 spiro atoms. The molecule has 1 fully saturated rings. The molecular formula is C23H19Cl2N3O4. The van der Waals surface area contributed by atoms with Crippen LogP contribution in [0.2, 0.25) is 10.0 Å². The maximum atomic E-state index is 12.5. The maximum absolute atomic E-state index is 12.5. The molecule has 164 valence electrons. The molecule has 1 aliphatic heterocycles. The summed E-state index contributed by atoms with van der Waals surface area (Å²) >= 11 is 11.9. The number of aromatic nitrogens is 2. The number of carbonyl (C=O) groups is 1. The second-order valence-corrected chi connectivity index (χ2v) is 8.51. The van der Waals surface area contributed by atoms with E-state index in [9.17, 15) is 4.79 Å². The summed E-state index contributed by atoms with van der Waals surface area (Å²) < 4.78 is 17.3. The number of nitrogens with zero attached hydrogens (tertiary/aromatic N) is 3. The highest BCUT2D eigenvalue weighted by Gasteiger charge is 2.28. The lowest BCUT2D eigenvalue weighted by Gasteiger charge is -2.30. The summed E-state index contributed by atoms with van der Waals surface area (Å²) in [5.41, 5.74) is 0.705. The number of piperidine rings is 1. The van der Waals surface area contributed by atoms with E-state index in [1.807, 2.05) is 18.2 Å². The van der Waals surface area contributed by atoms with Crippen LogP contribution in [0.1, 0.15) is 24.7 Å². The van der Waals surface area contributed by atoms with Crippen LogP contribution in [0, 0.1) is 0 Å². The standard InChI is InChI=1S/C23H19Cl2N3O4/c24-16-1-4-18(5-2-16)30-13-21(29)28-9-7-14(8-10-28)22-26-27-23(32-22)20-12-15-11-17(25)3-6-19(15)31-20/h1-6,11-12,14H,7-10,13H2. The van der Waals surface area contributed by atoms with Crippen molar-refractivity contribution in [2.24, 2.45) is 0 Å². The van der Waals surface area contributed by atoms with Gasteiger partial charge in [-0.05, 0) is 61.4 Å². The molecule has 32 heavy (non-hydrogen) atoms. The van der Waals surface area contributed by atoms with E-state index in [4.69, 9.17) is 36.8 Å². The van der Waals surface area contributed by atoms with E-state index >= 15 is 0 Å². The zero-order valence-electron chi connectivity index (χ0n) is 17.0. The average molecular weight is 472 g/mol. The van der Waals surface area contributed by atoms with Crippen LogP contribution >= 0.6 is 23.2 Å². The van der Waals surface area contributed by atoms with Crippen LogP contribution in [-0.4, -0.2) is 40.7 Å². The fraction of sp³-hybridized carbons (Fsp3) is 0.261. The van der Waals surface area contributed by atoms with Gasteiger partial charge in [-0.2, -0.15) is 0 Å². The Hall–Kier alpha value is -3.03. The largest absolute Gasteiger partial charge is 0.484 e. The monoisotopic (exact) mass is 471 g/mol. The molecule has 0 unspecified atom stereocenters. The first-order chi connectivity index (χ1) is 15.5. The van der Waals surface area contributed by atoms with Gasteiger partial charge in [0.15, 0.2) is 12.4 Å². The molecule has 0 aliphatic carbocycles. The molecule has 0 saturated carbocycles. The number of likely N-dealkylation sites (tertiary alicyclic amines) is 1. The predicted molar refractivity (Wildman–Crippen MR) is 120 cm³/mol. The summed E-state index contributed by atoms with van der Waals surface area (Å²) in [4.78, 5) is 14.3. The van der Waals surface area contributed by atoms with Crippen molar-refractivity contribution in [1.29, 1.82) is 0 Å². The normalized spacial score (nSPS) is 14.8. The Morgan fingerprint density at radius 1 is 1.00 bits per heavy atom. The second kappa shape index (κ2) is 8.84. The number of ether oxygens (including phenoxy) is 1. The van der Waals surface area contributed by atoms with Crippen molar-refractivity contribution < 1.29 is 18.4 Å². The van der Waals surface area contributed by atoms with Crippen LogP contribution in [0.3, 0.4) is 0 Å². The summed E-state index contributed by atoms with van der Waals surface area (Å²) in [5.74, 6) is 2.06. The van der Waals surface area contributed by atoms with Crippen molar-refractivity contribution in [2.75, 3.05) is 19.7 Å². The Morgan fingerprint density at radius 3 is 2.53 bits per heavy atom. The number of benzene rings is 2. The molecule has 0 N–H and O–H groups in total. The number of hydrogen-bond acceptors (Lipinski definition) is 6. The molecule has 5 rings (SSSR count). The van der Waals surface area contributed by atoms with Gasteiger partial charge in [-0.1, -0.05) is 23.2 Å². The molecule has 0 radical (unpaired) electrons. The van der Waals surface area contributed by atoms with Crippen molar-refractivity contribution in [2.45, 2.75) is 18.8 Å². The van der Waals surface area contributed by atoms with Crippen molar-refractivity contribution in [3.63, 3.8) is 0 Å². The summed E-state index contributed by atoms with van der Waals surface area (Å²) in [5, 5.41) is 10.5. The van der Waals surface area contributed by atoms with Crippen LogP contribution in [0.25, 0.3) is 22.6 Å². The fourth-order valence-electron chi connectivity index (χ4n) is 3.76. The maximum Gasteiger partial charge on any atom is 0.283 e. The van der Waals surface area contributed by atoms with Gasteiger partial charge < -0.3 is 18.5 Å². The predicted octanol–water partition coefficient (Wildman–Crippen LogP) is 5.57. The lowest BCUT2D eigenvalue weighted by Crippen LogP contribution is -2.40. The molecule has 1 saturated heterocycles. The average Bonchev–Trinajstić information content (AvgIpc) is 3.45. The zero-order valence-corrected chi connectivity index (χ0v) is 18.5. The lowest BCUT2D eigenvalue weighted by atomic mass is 9.97. The topological polar surface area (TPSA) is 81.6 Å². The Balaban J connectivity index is 1.18. The summed E-state index contributed by atoms with van der Waals surface area (Å²) in [6.07, 6.45) is 1.48. The van der Waals surface area contributed by atoms with E-state index in [1.54, 1.807) is 35.2 Å². The number of fused-ring (bicyclic) bond motifs is 1. The quantitative estimate of drug-likeness (QED) is 0.378. The number of carbonyl (C=O) groups excluding carboxylic acids is 1. The number of furan rings is 1. The Bertz CT molecular complexity index is 1240. The van der Waals surface area contributed by atoms with E-state index in [0.717, 1.165) is 18.2 Å². The van der Waals surface area contributed by atoms with E-state index < -0.39 is 0 Å². The van der Waals surface area contributed by atoms with Crippen LogP contribution < -0.4 is 4.74 Å². The zero-order chi connectivity index (χ0) is 22.1. The third kappa shape index (κ3) is 4.45. The van der Waals surface area contributed by atoms with Crippen LogP contribution in [0.15, 0.2) is 57.4 Å². The smallest absolute Gasteiger partial charge is 0.283 e. The van der Waals surface area contributed by atoms with Crippen molar-refractivity contribution in [3.8, 4) is 17.4 Å². The molecule has 2 aromatic carbocycles. The van der Waals surface area contributed by atoms with Gasteiger partial charge >= 0.3 is 0 Å². The van der Waals surface area contributed by atoms with Gasteiger partial charge in [0, 0.05) is 34.4 Å². The molecule has 3 heterocycles. The van der Waals surface area contributed by atoms with Crippen LogP contribution in [-0.2, 0) is 4.79 Å². The Morgan fingerprint density at radius 2 is 1.75 bits per heavy atom. The first-order valence-electron chi connectivity index (χ1n) is 10.2. The van der Waals surface area contributed by atoms with Gasteiger partial charge in [0.2, 0.25) is 5.89 Å². The van der Waals surface area contributed by atoms with E-state index in [0.29, 0.717) is 52.0 Å². The molecule has 9 heteroatoms. The van der Waals surface area contributed by atoms with Crippen molar-refractivity contribution in [3.05, 3.63) is 64.5 Å². The van der Waals surface area contributed by atoms with Gasteiger partial charge in [0.05, 0.1) is 0 Å². The first kappa shape index (κ1) is 20.8. The summed E-state index contributed by atoms with van der Waals surface area (Å²) in [6.45, 7) is 1.20. The highest BCUT2D eigenvalue weighted by Crippen LogP contribution is 2.32. The molecule has 2 aromatic heterocycles. The fourth-order valence-corrected chi connectivity index (χ4v) is 4.07. The third-order valence-electron chi connectivity index (χ3n) is 5.50. The molecular weight excluding hydrogens is 453 g/mol. The van der Waals surface area contributed by atoms with Gasteiger partial charge in [-0.25, -0.2) is 0 Å². The van der Waals surface area contributed by atoms with E-state index in [2.05, 4.69) is 10.2 Å². The number of halogens is 2. The van der Waals surface area contributed by atoms with Gasteiger partial charge in [0.1, 0.15) is 11.3 Å². The minimum absolute atomic E-state index is 0.00687. The Labute approximate surface area is 193 Å². The second-order valence-electron chi connectivity index (χ2n) is 7.64. The highest BCUT2D eigenvalue weighted by atomic mass is 35.5.